The van der Waals surface area contributed by atoms with Gasteiger partial charge >= 0.3 is 5.97 Å². The van der Waals surface area contributed by atoms with Crippen LogP contribution in [0.4, 0.5) is 0 Å². The monoisotopic (exact) mass is 323 g/mol. The number of aliphatic hydroxyl groups is 1. The standard InChI is InChI=1S/C19H28NO3/c1-20(2)13-12-17(14-20)23-18(21)19(22,16-10-6-7-11-16)15-8-4-3-5-9-15/h3-5,8-9,16-17,22H,6-7,10-14H2,1-2H3/q+1/i3D,4D,5D,8D,9D. The van der Waals surface area contributed by atoms with Crippen molar-refractivity contribution in [3.63, 3.8) is 0 Å². The van der Waals surface area contributed by atoms with Gasteiger partial charge in [-0.2, -0.15) is 0 Å². The number of hydrogen-bond acceptors (Lipinski definition) is 3. The second-order valence-corrected chi connectivity index (χ2v) is 7.41. The normalized spacial score (nSPS) is 29.9. The summed E-state index contributed by atoms with van der Waals surface area (Å²) in [4.78, 5) is 13.2. The first-order chi connectivity index (χ1) is 13.0. The maximum Gasteiger partial charge on any atom is 0.343 e. The zero-order valence-corrected chi connectivity index (χ0v) is 13.8. The summed E-state index contributed by atoms with van der Waals surface area (Å²) in [6, 6.07) is -2.74. The molecule has 1 saturated heterocycles. The minimum absolute atomic E-state index is 0.359. The van der Waals surface area contributed by atoms with E-state index < -0.39 is 47.7 Å². The SMILES string of the molecule is [2H]c1c([2H])c([2H])c(C(O)(C(=O)OC2CC[N+](C)(C)C2)C2CCCC2)c([2H])c1[2H]. The molecule has 1 heterocycles. The summed E-state index contributed by atoms with van der Waals surface area (Å²) in [6.07, 6.45) is 3.01. The van der Waals surface area contributed by atoms with Crippen molar-refractivity contribution in [2.24, 2.45) is 5.92 Å². The van der Waals surface area contributed by atoms with Gasteiger partial charge < -0.3 is 14.3 Å². The zero-order chi connectivity index (χ0) is 20.9. The van der Waals surface area contributed by atoms with Gasteiger partial charge in [0.1, 0.15) is 6.54 Å². The van der Waals surface area contributed by atoms with Crippen molar-refractivity contribution >= 4 is 5.97 Å². The first-order valence-electron chi connectivity index (χ1n) is 10.8. The predicted octanol–water partition coefficient (Wildman–Crippen LogP) is 2.46. The molecule has 0 bridgehead atoms. The van der Waals surface area contributed by atoms with Crippen molar-refractivity contribution in [3.8, 4) is 0 Å². The van der Waals surface area contributed by atoms with Gasteiger partial charge in [-0.3, -0.25) is 0 Å². The molecule has 2 aliphatic rings. The average molecular weight is 323 g/mol. The van der Waals surface area contributed by atoms with E-state index in [1.807, 2.05) is 14.1 Å². The topological polar surface area (TPSA) is 46.5 Å². The lowest BCUT2D eigenvalue weighted by molar-refractivity contribution is -0.879. The minimum atomic E-state index is -2.25. The number of benzene rings is 1. The largest absolute Gasteiger partial charge is 0.454 e. The second-order valence-electron chi connectivity index (χ2n) is 7.41. The van der Waals surface area contributed by atoms with E-state index in [9.17, 15) is 9.90 Å². The molecule has 0 aromatic heterocycles. The number of esters is 1. The molecule has 3 rings (SSSR count). The second kappa shape index (κ2) is 6.25. The maximum absolute atomic E-state index is 13.2. The van der Waals surface area contributed by atoms with Gasteiger partial charge in [-0.1, -0.05) is 43.1 Å². The quantitative estimate of drug-likeness (QED) is 0.684. The third-order valence-electron chi connectivity index (χ3n) is 5.17. The Labute approximate surface area is 145 Å². The van der Waals surface area contributed by atoms with Crippen molar-refractivity contribution < 1.29 is 26.0 Å². The van der Waals surface area contributed by atoms with Crippen molar-refractivity contribution in [2.75, 3.05) is 27.2 Å². The van der Waals surface area contributed by atoms with E-state index in [0.29, 0.717) is 30.3 Å². The third-order valence-corrected chi connectivity index (χ3v) is 5.17. The average Bonchev–Trinajstić information content (AvgIpc) is 3.28. The Bertz CT molecular complexity index is 765. The van der Waals surface area contributed by atoms with E-state index in [0.717, 1.165) is 19.4 Å². The minimum Gasteiger partial charge on any atom is -0.454 e. The van der Waals surface area contributed by atoms with Crippen LogP contribution in [0, 0.1) is 5.92 Å². The highest BCUT2D eigenvalue weighted by atomic mass is 16.6. The molecule has 4 nitrogen and oxygen atoms in total. The van der Waals surface area contributed by atoms with E-state index in [2.05, 4.69) is 0 Å². The lowest BCUT2D eigenvalue weighted by Crippen LogP contribution is -2.46. The first kappa shape index (κ1) is 11.2. The Morgan fingerprint density at radius 3 is 2.48 bits per heavy atom. The van der Waals surface area contributed by atoms with Crippen LogP contribution in [0.25, 0.3) is 0 Å². The van der Waals surface area contributed by atoms with Crippen molar-refractivity contribution in [2.45, 2.75) is 43.8 Å². The fourth-order valence-electron chi connectivity index (χ4n) is 3.82. The molecule has 2 unspecified atom stereocenters. The molecule has 1 N–H and O–H groups in total. The van der Waals surface area contributed by atoms with Gasteiger partial charge in [0.05, 0.1) is 27.5 Å². The summed E-state index contributed by atoms with van der Waals surface area (Å²) in [5.74, 6) is -1.43. The molecular formula is C19H28NO3+. The molecule has 126 valence electrons. The number of likely N-dealkylation sites (tertiary alicyclic amines) is 1. The summed E-state index contributed by atoms with van der Waals surface area (Å²) in [6.45, 7) is 1.46. The molecule has 1 aromatic rings. The van der Waals surface area contributed by atoms with Crippen LogP contribution in [-0.4, -0.2) is 48.8 Å². The summed E-state index contributed by atoms with van der Waals surface area (Å²) in [5, 5.41) is 11.6. The molecule has 4 heteroatoms. The molecule has 2 fully saturated rings. The number of rotatable bonds is 4. The van der Waals surface area contributed by atoms with Crippen LogP contribution in [0.3, 0.4) is 0 Å². The number of carbonyl (C=O) groups is 1. The Balaban J connectivity index is 2.06. The molecule has 1 aliphatic carbocycles. The summed E-state index contributed by atoms with van der Waals surface area (Å²) in [7, 11) is 4.07. The third kappa shape index (κ3) is 3.29. The molecule has 1 aliphatic heterocycles. The number of carbonyl (C=O) groups excluding carboxylic acids is 1. The van der Waals surface area contributed by atoms with Crippen LogP contribution in [0.1, 0.15) is 44.5 Å². The van der Waals surface area contributed by atoms with Crippen molar-refractivity contribution in [1.29, 1.82) is 0 Å². The van der Waals surface area contributed by atoms with E-state index in [1.54, 1.807) is 0 Å². The lowest BCUT2D eigenvalue weighted by Gasteiger charge is -2.33. The smallest absolute Gasteiger partial charge is 0.343 e. The molecule has 0 amide bonds. The molecule has 0 spiro atoms. The summed E-state index contributed by atoms with van der Waals surface area (Å²) < 4.78 is 46.5. The van der Waals surface area contributed by atoms with E-state index >= 15 is 0 Å². The van der Waals surface area contributed by atoms with E-state index in [4.69, 9.17) is 11.6 Å². The van der Waals surface area contributed by atoms with E-state index in [1.165, 1.54) is 0 Å². The van der Waals surface area contributed by atoms with Crippen LogP contribution in [0.15, 0.2) is 30.2 Å². The van der Waals surface area contributed by atoms with Crippen molar-refractivity contribution in [3.05, 3.63) is 35.8 Å². The Morgan fingerprint density at radius 1 is 1.26 bits per heavy atom. The highest BCUT2D eigenvalue weighted by Crippen LogP contribution is 2.42. The van der Waals surface area contributed by atoms with E-state index in [-0.39, 0.29) is 11.7 Å². The summed E-state index contributed by atoms with van der Waals surface area (Å²) >= 11 is 0. The fourth-order valence-corrected chi connectivity index (χ4v) is 3.82. The van der Waals surface area contributed by atoms with Crippen LogP contribution in [0.2, 0.25) is 0 Å². The van der Waals surface area contributed by atoms with Gasteiger partial charge in [0.2, 0.25) is 0 Å². The number of ether oxygens (including phenoxy) is 1. The highest BCUT2D eigenvalue weighted by molar-refractivity contribution is 5.81. The van der Waals surface area contributed by atoms with Crippen LogP contribution in [-0.2, 0) is 15.1 Å². The molecule has 1 aromatic carbocycles. The molecular weight excluding hydrogens is 290 g/mol. The number of hydrogen-bond donors (Lipinski definition) is 1. The maximum atomic E-state index is 13.2. The number of quaternary nitrogens is 1. The number of nitrogens with zero attached hydrogens (tertiary/aromatic N) is 1. The Hall–Kier alpha value is -1.39. The molecule has 23 heavy (non-hydrogen) atoms. The zero-order valence-electron chi connectivity index (χ0n) is 18.8. The van der Waals surface area contributed by atoms with Crippen LogP contribution < -0.4 is 0 Å². The van der Waals surface area contributed by atoms with Gasteiger partial charge in [0, 0.05) is 12.3 Å². The summed E-state index contributed by atoms with van der Waals surface area (Å²) in [5.41, 5.74) is -2.61. The van der Waals surface area contributed by atoms with Crippen molar-refractivity contribution in [1.82, 2.24) is 0 Å². The molecule has 1 saturated carbocycles. The first-order valence-corrected chi connectivity index (χ1v) is 8.32. The Morgan fingerprint density at radius 2 is 1.91 bits per heavy atom. The van der Waals surface area contributed by atoms with Gasteiger partial charge in [-0.05, 0) is 18.4 Å². The molecule has 2 atom stereocenters. The highest BCUT2D eigenvalue weighted by Gasteiger charge is 2.49. The van der Waals surface area contributed by atoms with Gasteiger partial charge in [0.15, 0.2) is 11.7 Å². The van der Waals surface area contributed by atoms with Crippen LogP contribution >= 0.6 is 0 Å². The van der Waals surface area contributed by atoms with Crippen LogP contribution in [0.5, 0.6) is 0 Å². The van der Waals surface area contributed by atoms with Gasteiger partial charge in [-0.25, -0.2) is 4.79 Å². The fraction of sp³-hybridized carbons (Fsp3) is 0.632. The Kier molecular flexibility index (Phi) is 3.05. The number of likely N-dealkylation sites (N-methyl/N-ethyl adjacent to an activating group) is 1. The lowest BCUT2D eigenvalue weighted by atomic mass is 9.80. The van der Waals surface area contributed by atoms with Gasteiger partial charge in [-0.15, -0.1) is 0 Å². The predicted molar refractivity (Wildman–Crippen MR) is 88.6 cm³/mol. The van der Waals surface area contributed by atoms with Gasteiger partial charge in [0.25, 0.3) is 0 Å². The molecule has 0 radical (unpaired) electrons.